The minimum Gasteiger partial charge on any atom is -0.492 e. The van der Waals surface area contributed by atoms with Gasteiger partial charge < -0.3 is 10.1 Å². The van der Waals surface area contributed by atoms with E-state index >= 15 is 0 Å². The highest BCUT2D eigenvalue weighted by molar-refractivity contribution is 6.30. The van der Waals surface area contributed by atoms with Gasteiger partial charge in [-0.15, -0.1) is 12.4 Å². The lowest BCUT2D eigenvalue weighted by molar-refractivity contribution is 0.232. The molecule has 1 atom stereocenters. The highest BCUT2D eigenvalue weighted by atomic mass is 35.5. The third-order valence-corrected chi connectivity index (χ3v) is 3.60. The fourth-order valence-electron chi connectivity index (χ4n) is 2.39. The highest BCUT2D eigenvalue weighted by Crippen LogP contribution is 2.17. The lowest BCUT2D eigenvalue weighted by Crippen LogP contribution is -2.28. The van der Waals surface area contributed by atoms with Gasteiger partial charge in [-0.25, -0.2) is 0 Å². The average Bonchev–Trinajstić information content (AvgIpc) is 2.80. The Kier molecular flexibility index (Phi) is 7.54. The van der Waals surface area contributed by atoms with Crippen molar-refractivity contribution < 1.29 is 4.74 Å². The van der Waals surface area contributed by atoms with Crippen molar-refractivity contribution in [2.24, 2.45) is 5.92 Å². The van der Waals surface area contributed by atoms with Crippen molar-refractivity contribution >= 4 is 24.0 Å². The summed E-state index contributed by atoms with van der Waals surface area (Å²) >= 11 is 5.83. The standard InChI is InChI=1S/C14H21ClN2O.ClH/c1-16-10-12-6-7-17(11-12)8-9-18-14-4-2-13(15)3-5-14;/h2-5,12,16H,6-11H2,1H3;1H. The number of hydrogen-bond donors (Lipinski definition) is 1. The zero-order valence-electron chi connectivity index (χ0n) is 11.3. The molecule has 0 bridgehead atoms. The topological polar surface area (TPSA) is 24.5 Å². The van der Waals surface area contributed by atoms with E-state index < -0.39 is 0 Å². The summed E-state index contributed by atoms with van der Waals surface area (Å²) in [4.78, 5) is 2.47. The van der Waals surface area contributed by atoms with Crippen LogP contribution >= 0.6 is 24.0 Å². The molecule has 1 aromatic carbocycles. The molecule has 1 N–H and O–H groups in total. The van der Waals surface area contributed by atoms with Gasteiger partial charge in [0.1, 0.15) is 12.4 Å². The van der Waals surface area contributed by atoms with E-state index in [0.717, 1.165) is 36.4 Å². The Labute approximate surface area is 126 Å². The van der Waals surface area contributed by atoms with Crippen LogP contribution in [0.1, 0.15) is 6.42 Å². The minimum atomic E-state index is 0. The summed E-state index contributed by atoms with van der Waals surface area (Å²) in [6.45, 7) is 5.24. The van der Waals surface area contributed by atoms with Crippen LogP contribution in [0, 0.1) is 5.92 Å². The lowest BCUT2D eigenvalue weighted by atomic mass is 10.1. The molecule has 0 radical (unpaired) electrons. The van der Waals surface area contributed by atoms with Crippen LogP contribution < -0.4 is 10.1 Å². The van der Waals surface area contributed by atoms with Crippen molar-refractivity contribution in [3.05, 3.63) is 29.3 Å². The van der Waals surface area contributed by atoms with Gasteiger partial charge in [0.05, 0.1) is 0 Å². The highest BCUT2D eigenvalue weighted by Gasteiger charge is 2.21. The maximum atomic E-state index is 5.83. The first-order valence-corrected chi connectivity index (χ1v) is 6.91. The maximum Gasteiger partial charge on any atom is 0.119 e. The molecular formula is C14H22Cl2N2O. The second kappa shape index (κ2) is 8.64. The fourth-order valence-corrected chi connectivity index (χ4v) is 2.52. The molecule has 1 fully saturated rings. The molecule has 1 saturated heterocycles. The van der Waals surface area contributed by atoms with Crippen molar-refractivity contribution in [3.8, 4) is 5.75 Å². The predicted octanol–water partition coefficient (Wildman–Crippen LogP) is 2.68. The molecule has 0 aromatic heterocycles. The molecular weight excluding hydrogens is 283 g/mol. The zero-order valence-corrected chi connectivity index (χ0v) is 12.8. The van der Waals surface area contributed by atoms with Crippen molar-refractivity contribution in [1.82, 2.24) is 10.2 Å². The number of rotatable bonds is 6. The second-order valence-electron chi connectivity index (χ2n) is 4.82. The molecule has 1 aromatic rings. The van der Waals surface area contributed by atoms with Gasteiger partial charge in [0.2, 0.25) is 0 Å². The molecule has 1 heterocycles. The Morgan fingerprint density at radius 3 is 2.79 bits per heavy atom. The molecule has 1 unspecified atom stereocenters. The van der Waals surface area contributed by atoms with Gasteiger partial charge in [-0.2, -0.15) is 0 Å². The SMILES string of the molecule is CNCC1CCN(CCOc2ccc(Cl)cc2)C1.Cl. The summed E-state index contributed by atoms with van der Waals surface area (Å²) in [5, 5.41) is 3.99. The van der Waals surface area contributed by atoms with Gasteiger partial charge in [0, 0.05) is 18.1 Å². The summed E-state index contributed by atoms with van der Waals surface area (Å²) in [6.07, 6.45) is 1.29. The summed E-state index contributed by atoms with van der Waals surface area (Å²) in [5.74, 6) is 1.69. The Morgan fingerprint density at radius 1 is 1.37 bits per heavy atom. The van der Waals surface area contributed by atoms with E-state index in [1.165, 1.54) is 19.5 Å². The quantitative estimate of drug-likeness (QED) is 0.874. The molecule has 2 rings (SSSR count). The normalized spacial score (nSPS) is 19.2. The number of likely N-dealkylation sites (tertiary alicyclic amines) is 1. The van der Waals surface area contributed by atoms with Gasteiger partial charge in [0.15, 0.2) is 0 Å². The van der Waals surface area contributed by atoms with Crippen LogP contribution in [0.5, 0.6) is 5.75 Å². The summed E-state index contributed by atoms with van der Waals surface area (Å²) in [5.41, 5.74) is 0. The van der Waals surface area contributed by atoms with E-state index in [2.05, 4.69) is 10.2 Å². The molecule has 0 amide bonds. The second-order valence-corrected chi connectivity index (χ2v) is 5.25. The molecule has 0 aliphatic carbocycles. The van der Waals surface area contributed by atoms with Gasteiger partial charge in [-0.1, -0.05) is 11.6 Å². The van der Waals surface area contributed by atoms with E-state index in [0.29, 0.717) is 0 Å². The van der Waals surface area contributed by atoms with E-state index in [4.69, 9.17) is 16.3 Å². The summed E-state index contributed by atoms with van der Waals surface area (Å²) in [7, 11) is 2.02. The Balaban J connectivity index is 0.00000180. The molecule has 19 heavy (non-hydrogen) atoms. The van der Waals surface area contributed by atoms with E-state index in [1.54, 1.807) is 0 Å². The number of hydrogen-bond acceptors (Lipinski definition) is 3. The number of nitrogens with one attached hydrogen (secondary N) is 1. The largest absolute Gasteiger partial charge is 0.492 e. The predicted molar refractivity (Wildman–Crippen MR) is 82.7 cm³/mol. The Hall–Kier alpha value is -0.480. The molecule has 0 saturated carbocycles. The first kappa shape index (κ1) is 16.6. The van der Waals surface area contributed by atoms with Gasteiger partial charge in [-0.05, 0) is 56.7 Å². The van der Waals surface area contributed by atoms with Crippen LogP contribution in [-0.2, 0) is 0 Å². The van der Waals surface area contributed by atoms with Gasteiger partial charge >= 0.3 is 0 Å². The molecule has 108 valence electrons. The van der Waals surface area contributed by atoms with Gasteiger partial charge in [0.25, 0.3) is 0 Å². The smallest absolute Gasteiger partial charge is 0.119 e. The van der Waals surface area contributed by atoms with Crippen LogP contribution in [-0.4, -0.2) is 44.7 Å². The van der Waals surface area contributed by atoms with E-state index in [1.807, 2.05) is 31.3 Å². The molecule has 0 spiro atoms. The van der Waals surface area contributed by atoms with Crippen LogP contribution in [0.2, 0.25) is 5.02 Å². The first-order valence-electron chi connectivity index (χ1n) is 6.53. The Bertz CT molecular complexity index is 359. The monoisotopic (exact) mass is 304 g/mol. The third kappa shape index (κ3) is 5.57. The van der Waals surface area contributed by atoms with Crippen molar-refractivity contribution in [1.29, 1.82) is 0 Å². The van der Waals surface area contributed by atoms with Crippen LogP contribution in [0.3, 0.4) is 0 Å². The molecule has 1 aliphatic heterocycles. The number of benzene rings is 1. The third-order valence-electron chi connectivity index (χ3n) is 3.35. The molecule has 3 nitrogen and oxygen atoms in total. The van der Waals surface area contributed by atoms with Crippen LogP contribution in [0.25, 0.3) is 0 Å². The first-order chi connectivity index (χ1) is 8.78. The Morgan fingerprint density at radius 2 is 2.11 bits per heavy atom. The number of ether oxygens (including phenoxy) is 1. The van der Waals surface area contributed by atoms with Crippen LogP contribution in [0.15, 0.2) is 24.3 Å². The molecule has 1 aliphatic rings. The van der Waals surface area contributed by atoms with Crippen molar-refractivity contribution in [2.75, 3.05) is 39.8 Å². The summed E-state index contributed by atoms with van der Waals surface area (Å²) in [6, 6.07) is 7.54. The number of halogens is 2. The van der Waals surface area contributed by atoms with Crippen molar-refractivity contribution in [3.63, 3.8) is 0 Å². The zero-order chi connectivity index (χ0) is 12.8. The average molecular weight is 305 g/mol. The fraction of sp³-hybridized carbons (Fsp3) is 0.571. The minimum absolute atomic E-state index is 0. The van der Waals surface area contributed by atoms with E-state index in [-0.39, 0.29) is 12.4 Å². The van der Waals surface area contributed by atoms with Crippen molar-refractivity contribution in [2.45, 2.75) is 6.42 Å². The van der Waals surface area contributed by atoms with E-state index in [9.17, 15) is 0 Å². The van der Waals surface area contributed by atoms with Crippen LogP contribution in [0.4, 0.5) is 0 Å². The lowest BCUT2D eigenvalue weighted by Gasteiger charge is -2.16. The maximum absolute atomic E-state index is 5.83. The van der Waals surface area contributed by atoms with Gasteiger partial charge in [-0.3, -0.25) is 4.90 Å². The number of nitrogens with zero attached hydrogens (tertiary/aromatic N) is 1. The summed E-state index contributed by atoms with van der Waals surface area (Å²) < 4.78 is 5.70. The molecule has 5 heteroatoms.